The second kappa shape index (κ2) is 9.84. The average molecular weight is 527 g/mol. The normalized spacial score (nSPS) is 14.9. The topological polar surface area (TPSA) is 108 Å². The number of rotatable bonds is 5. The molecule has 188 valence electrons. The average Bonchev–Trinajstić information content (AvgIpc) is 3.37. The van der Waals surface area contributed by atoms with Gasteiger partial charge in [-0.3, -0.25) is 9.59 Å². The zero-order valence-corrected chi connectivity index (χ0v) is 20.7. The molecule has 38 heavy (non-hydrogen) atoms. The van der Waals surface area contributed by atoms with Gasteiger partial charge in [-0.2, -0.15) is 0 Å². The van der Waals surface area contributed by atoms with Crippen molar-refractivity contribution in [3.8, 4) is 11.3 Å². The van der Waals surface area contributed by atoms with Crippen LogP contribution in [0.5, 0.6) is 0 Å². The number of anilines is 2. The fourth-order valence-electron chi connectivity index (χ4n) is 4.02. The highest BCUT2D eigenvalue weighted by Gasteiger charge is 2.43. The molecule has 0 atom stereocenters. The predicted octanol–water partition coefficient (Wildman–Crippen LogP) is 6.19. The molecular formula is C29H19ClN2O6. The summed E-state index contributed by atoms with van der Waals surface area (Å²) in [5.74, 6) is -2.36. The molecule has 1 aliphatic heterocycles. The lowest BCUT2D eigenvalue weighted by atomic mass is 10.1. The lowest BCUT2D eigenvalue weighted by Crippen LogP contribution is -2.57. The van der Waals surface area contributed by atoms with E-state index in [4.69, 9.17) is 16.0 Å². The molecule has 0 aliphatic carbocycles. The van der Waals surface area contributed by atoms with E-state index in [1.165, 1.54) is 30.3 Å². The minimum Gasteiger partial charge on any atom is -0.478 e. The number of para-hydroxylation sites is 1. The van der Waals surface area contributed by atoms with Crippen molar-refractivity contribution in [1.29, 1.82) is 0 Å². The molecule has 0 saturated carbocycles. The molecular weight excluding hydrogens is 508 g/mol. The Morgan fingerprint density at radius 1 is 0.842 bits per heavy atom. The van der Waals surface area contributed by atoms with Crippen LogP contribution in [-0.4, -0.2) is 28.9 Å². The minimum atomic E-state index is -1.13. The summed E-state index contributed by atoms with van der Waals surface area (Å²) in [6, 6.07) is 21.5. The fraction of sp³-hybridized carbons (Fsp3) is 0.0345. The number of benzene rings is 3. The minimum absolute atomic E-state index is 0.0177. The van der Waals surface area contributed by atoms with Crippen molar-refractivity contribution < 1.29 is 28.7 Å². The highest BCUT2D eigenvalue weighted by molar-refractivity contribution is 6.46. The number of carbonyl (C=O) groups is 4. The lowest BCUT2D eigenvalue weighted by molar-refractivity contribution is -0.121. The fourth-order valence-corrected chi connectivity index (χ4v) is 4.23. The second-order valence-corrected chi connectivity index (χ2v) is 8.90. The van der Waals surface area contributed by atoms with Gasteiger partial charge in [-0.1, -0.05) is 47.5 Å². The van der Waals surface area contributed by atoms with Crippen LogP contribution in [-0.2, 0) is 9.59 Å². The smallest absolute Gasteiger partial charge is 0.343 e. The zero-order chi connectivity index (χ0) is 27.0. The monoisotopic (exact) mass is 526 g/mol. The zero-order valence-electron chi connectivity index (χ0n) is 19.9. The van der Waals surface area contributed by atoms with Crippen LogP contribution in [0.3, 0.4) is 0 Å². The van der Waals surface area contributed by atoms with Gasteiger partial charge in [0.1, 0.15) is 17.1 Å². The summed E-state index contributed by atoms with van der Waals surface area (Å²) in [6.45, 7) is 1.88. The molecule has 0 unspecified atom stereocenters. The Kier molecular flexibility index (Phi) is 6.40. The number of carboxylic acids is 1. The molecule has 9 heteroatoms. The summed E-state index contributed by atoms with van der Waals surface area (Å²) in [7, 11) is 0. The number of amides is 4. The molecule has 4 amide bonds. The largest absolute Gasteiger partial charge is 0.478 e. The van der Waals surface area contributed by atoms with Crippen molar-refractivity contribution in [3.05, 3.63) is 112 Å². The number of barbiturate groups is 1. The third-order valence-corrected chi connectivity index (χ3v) is 6.28. The first-order valence-corrected chi connectivity index (χ1v) is 11.8. The molecule has 1 saturated heterocycles. The molecule has 0 spiro atoms. The Hall–Kier alpha value is -4.95. The summed E-state index contributed by atoms with van der Waals surface area (Å²) < 4.78 is 5.83. The Bertz CT molecular complexity index is 1620. The van der Waals surface area contributed by atoms with E-state index in [-0.39, 0.29) is 27.7 Å². The second-order valence-electron chi connectivity index (χ2n) is 8.49. The molecule has 1 aliphatic rings. The number of carboxylic acid groups (broad SMARTS) is 1. The van der Waals surface area contributed by atoms with E-state index in [1.54, 1.807) is 60.7 Å². The maximum atomic E-state index is 13.5. The van der Waals surface area contributed by atoms with E-state index in [0.29, 0.717) is 16.9 Å². The highest BCUT2D eigenvalue weighted by Crippen LogP contribution is 2.33. The first kappa shape index (κ1) is 24.7. The molecule has 1 aromatic heterocycles. The van der Waals surface area contributed by atoms with E-state index >= 15 is 0 Å². The van der Waals surface area contributed by atoms with Gasteiger partial charge < -0.3 is 9.52 Å². The molecule has 4 aromatic rings. The van der Waals surface area contributed by atoms with Crippen LogP contribution in [0.15, 0.2) is 94.9 Å². The molecule has 5 rings (SSSR count). The van der Waals surface area contributed by atoms with E-state index in [9.17, 15) is 24.3 Å². The van der Waals surface area contributed by atoms with E-state index < -0.39 is 23.8 Å². The van der Waals surface area contributed by atoms with Gasteiger partial charge in [-0.05, 0) is 67.6 Å². The van der Waals surface area contributed by atoms with Gasteiger partial charge in [0.25, 0.3) is 11.8 Å². The standard InChI is InChI=1S/C29H19ClN2O6/c1-17-7-10-20(11-8-17)32-27(34)23(26(33)31(29(32)37)19-5-3-2-4-6-19)16-21-12-14-25(38-21)22-15-18(28(35)36)9-13-24(22)30/h2-16H,1H3,(H,35,36)/b23-16+. The number of nitrogens with zero attached hydrogens (tertiary/aromatic N) is 2. The van der Waals surface area contributed by atoms with Crippen molar-refractivity contribution >= 4 is 52.9 Å². The van der Waals surface area contributed by atoms with Crippen LogP contribution >= 0.6 is 11.6 Å². The van der Waals surface area contributed by atoms with Crippen molar-refractivity contribution in [2.75, 3.05) is 9.80 Å². The van der Waals surface area contributed by atoms with E-state index in [1.807, 2.05) is 6.92 Å². The Morgan fingerprint density at radius 2 is 1.47 bits per heavy atom. The summed E-state index contributed by atoms with van der Waals surface area (Å²) in [4.78, 5) is 53.7. The van der Waals surface area contributed by atoms with Gasteiger partial charge in [0, 0.05) is 5.56 Å². The third kappa shape index (κ3) is 4.49. The van der Waals surface area contributed by atoms with Gasteiger partial charge in [0.2, 0.25) is 0 Å². The van der Waals surface area contributed by atoms with Crippen LogP contribution in [0.4, 0.5) is 16.2 Å². The quantitative estimate of drug-likeness (QED) is 0.245. The van der Waals surface area contributed by atoms with Crippen molar-refractivity contribution in [1.82, 2.24) is 0 Å². The summed E-state index contributed by atoms with van der Waals surface area (Å²) in [6.07, 6.45) is 1.26. The maximum absolute atomic E-state index is 13.5. The summed E-state index contributed by atoms with van der Waals surface area (Å²) >= 11 is 6.26. The number of carbonyl (C=O) groups excluding carboxylic acids is 3. The van der Waals surface area contributed by atoms with Gasteiger partial charge in [0.05, 0.1) is 22.0 Å². The number of imide groups is 2. The third-order valence-electron chi connectivity index (χ3n) is 5.95. The highest BCUT2D eigenvalue weighted by atomic mass is 35.5. The van der Waals surface area contributed by atoms with Gasteiger partial charge in [-0.25, -0.2) is 19.4 Å². The lowest BCUT2D eigenvalue weighted by Gasteiger charge is -2.33. The molecule has 1 N–H and O–H groups in total. The Morgan fingerprint density at radius 3 is 2.11 bits per heavy atom. The number of hydrogen-bond donors (Lipinski definition) is 1. The van der Waals surface area contributed by atoms with Crippen LogP contribution in [0.25, 0.3) is 17.4 Å². The van der Waals surface area contributed by atoms with Crippen LogP contribution in [0.1, 0.15) is 21.7 Å². The number of furan rings is 1. The Balaban J connectivity index is 1.59. The Labute approximate surface area is 222 Å². The number of halogens is 1. The summed E-state index contributed by atoms with van der Waals surface area (Å²) in [5.41, 5.74) is 1.60. The molecule has 0 radical (unpaired) electrons. The van der Waals surface area contributed by atoms with Crippen molar-refractivity contribution in [3.63, 3.8) is 0 Å². The van der Waals surface area contributed by atoms with Gasteiger partial charge in [-0.15, -0.1) is 0 Å². The first-order valence-electron chi connectivity index (χ1n) is 11.4. The van der Waals surface area contributed by atoms with Gasteiger partial charge >= 0.3 is 12.0 Å². The van der Waals surface area contributed by atoms with Crippen molar-refractivity contribution in [2.45, 2.75) is 6.92 Å². The predicted molar refractivity (Wildman–Crippen MR) is 142 cm³/mol. The summed E-state index contributed by atoms with van der Waals surface area (Å²) in [5, 5.41) is 9.57. The molecule has 3 aromatic carbocycles. The number of aromatic carboxylic acids is 1. The van der Waals surface area contributed by atoms with Crippen LogP contribution in [0, 0.1) is 6.92 Å². The number of urea groups is 1. The number of hydrogen-bond acceptors (Lipinski definition) is 5. The number of aryl methyl sites for hydroxylation is 1. The van der Waals surface area contributed by atoms with E-state index in [2.05, 4.69) is 0 Å². The van der Waals surface area contributed by atoms with Crippen LogP contribution in [0.2, 0.25) is 5.02 Å². The molecule has 8 nitrogen and oxygen atoms in total. The SMILES string of the molecule is Cc1ccc(N2C(=O)/C(=C/c3ccc(-c4cc(C(=O)O)ccc4Cl)o3)C(=O)N(c3ccccc3)C2=O)cc1. The first-order chi connectivity index (χ1) is 18.2. The molecule has 0 bridgehead atoms. The van der Waals surface area contributed by atoms with Crippen molar-refractivity contribution in [2.24, 2.45) is 0 Å². The molecule has 1 fully saturated rings. The maximum Gasteiger partial charge on any atom is 0.343 e. The van der Waals surface area contributed by atoms with Gasteiger partial charge in [0.15, 0.2) is 0 Å². The van der Waals surface area contributed by atoms with Crippen LogP contribution < -0.4 is 9.80 Å². The molecule has 2 heterocycles. The van der Waals surface area contributed by atoms with E-state index in [0.717, 1.165) is 15.4 Å².